The molecule has 1 aliphatic heterocycles. The van der Waals surface area contributed by atoms with Gasteiger partial charge in [0.2, 0.25) is 0 Å². The van der Waals surface area contributed by atoms with Crippen LogP contribution in [0.15, 0.2) is 0 Å². The Balaban J connectivity index is 1.88. The van der Waals surface area contributed by atoms with E-state index in [1.165, 1.54) is 0 Å². The van der Waals surface area contributed by atoms with Crippen molar-refractivity contribution in [2.24, 2.45) is 5.73 Å². The zero-order valence-corrected chi connectivity index (χ0v) is 8.28. The second-order valence-electron chi connectivity index (χ2n) is 3.69. The predicted octanol–water partition coefficient (Wildman–Crippen LogP) is 0.431. The molecular formula is C10H17NO3. The second kappa shape index (κ2) is 5.88. The Morgan fingerprint density at radius 2 is 2.21 bits per heavy atom. The molecular weight excluding hydrogens is 182 g/mol. The van der Waals surface area contributed by atoms with Crippen molar-refractivity contribution < 1.29 is 14.3 Å². The van der Waals surface area contributed by atoms with Crippen LogP contribution in [0.4, 0.5) is 0 Å². The molecule has 2 unspecified atom stereocenters. The summed E-state index contributed by atoms with van der Waals surface area (Å²) >= 11 is 0. The number of ketones is 1. The van der Waals surface area contributed by atoms with Gasteiger partial charge >= 0.3 is 0 Å². The van der Waals surface area contributed by atoms with Gasteiger partial charge in [0.15, 0.2) is 5.78 Å². The number of aldehydes is 1. The number of epoxide rings is 1. The maximum atomic E-state index is 11.2. The molecule has 1 aliphatic rings. The lowest BCUT2D eigenvalue weighted by Crippen LogP contribution is -2.20. The second-order valence-corrected chi connectivity index (χ2v) is 3.69. The van der Waals surface area contributed by atoms with E-state index in [4.69, 9.17) is 10.5 Å². The highest BCUT2D eigenvalue weighted by molar-refractivity contribution is 5.84. The van der Waals surface area contributed by atoms with Gasteiger partial charge in [0.1, 0.15) is 12.4 Å². The zero-order chi connectivity index (χ0) is 10.4. The SMILES string of the molecule is NC(C=O)CCCCCC(=O)C1CO1. The summed E-state index contributed by atoms with van der Waals surface area (Å²) in [5.74, 6) is 0.213. The fourth-order valence-electron chi connectivity index (χ4n) is 1.32. The molecule has 2 N–H and O–H groups in total. The van der Waals surface area contributed by atoms with Crippen molar-refractivity contribution in [2.75, 3.05) is 6.61 Å². The fourth-order valence-corrected chi connectivity index (χ4v) is 1.32. The number of ether oxygens (including phenoxy) is 1. The van der Waals surface area contributed by atoms with Crippen LogP contribution in [-0.2, 0) is 14.3 Å². The normalized spacial score (nSPS) is 21.6. The van der Waals surface area contributed by atoms with E-state index in [1.54, 1.807) is 0 Å². The van der Waals surface area contributed by atoms with Gasteiger partial charge < -0.3 is 15.3 Å². The monoisotopic (exact) mass is 199 g/mol. The first kappa shape index (κ1) is 11.3. The van der Waals surface area contributed by atoms with Crippen molar-refractivity contribution in [3.63, 3.8) is 0 Å². The first-order chi connectivity index (χ1) is 6.74. The molecule has 1 fully saturated rings. The number of carbonyl (C=O) groups is 2. The predicted molar refractivity (Wildman–Crippen MR) is 51.9 cm³/mol. The van der Waals surface area contributed by atoms with Crippen LogP contribution in [0.1, 0.15) is 32.1 Å². The Bertz CT molecular complexity index is 202. The number of hydrogen-bond donors (Lipinski definition) is 1. The Morgan fingerprint density at radius 3 is 2.79 bits per heavy atom. The molecule has 0 aromatic rings. The van der Waals surface area contributed by atoms with Gasteiger partial charge in [-0.15, -0.1) is 0 Å². The average molecular weight is 199 g/mol. The first-order valence-corrected chi connectivity index (χ1v) is 5.09. The number of nitrogens with two attached hydrogens (primary N) is 1. The molecule has 0 radical (unpaired) electrons. The van der Waals surface area contributed by atoms with Crippen LogP contribution in [0.3, 0.4) is 0 Å². The van der Waals surface area contributed by atoms with Crippen molar-refractivity contribution in [3.8, 4) is 0 Å². The third kappa shape index (κ3) is 4.48. The largest absolute Gasteiger partial charge is 0.365 e. The number of carbonyl (C=O) groups excluding carboxylic acids is 2. The third-order valence-corrected chi connectivity index (χ3v) is 2.33. The Kier molecular flexibility index (Phi) is 4.76. The molecule has 0 saturated carbocycles. The van der Waals surface area contributed by atoms with Gasteiger partial charge in [0.25, 0.3) is 0 Å². The van der Waals surface area contributed by atoms with Gasteiger partial charge in [-0.05, 0) is 12.8 Å². The fraction of sp³-hybridized carbons (Fsp3) is 0.800. The Morgan fingerprint density at radius 1 is 1.50 bits per heavy atom. The lowest BCUT2D eigenvalue weighted by Gasteiger charge is -2.02. The van der Waals surface area contributed by atoms with Gasteiger partial charge in [-0.2, -0.15) is 0 Å². The minimum atomic E-state index is -0.336. The molecule has 0 bridgehead atoms. The van der Waals surface area contributed by atoms with E-state index >= 15 is 0 Å². The van der Waals surface area contributed by atoms with Crippen LogP contribution in [0.2, 0.25) is 0 Å². The molecule has 0 spiro atoms. The molecule has 1 heterocycles. The topological polar surface area (TPSA) is 72.7 Å². The van der Waals surface area contributed by atoms with Crippen molar-refractivity contribution in [1.29, 1.82) is 0 Å². The van der Waals surface area contributed by atoms with E-state index in [9.17, 15) is 9.59 Å². The van der Waals surface area contributed by atoms with E-state index in [1.807, 2.05) is 0 Å². The van der Waals surface area contributed by atoms with E-state index in [0.29, 0.717) is 13.0 Å². The maximum Gasteiger partial charge on any atom is 0.163 e. The molecule has 1 saturated heterocycles. The van der Waals surface area contributed by atoms with Gasteiger partial charge in [0, 0.05) is 6.42 Å². The molecule has 80 valence electrons. The molecule has 4 heteroatoms. The smallest absolute Gasteiger partial charge is 0.163 e. The van der Waals surface area contributed by atoms with E-state index in [-0.39, 0.29) is 17.9 Å². The summed E-state index contributed by atoms with van der Waals surface area (Å²) in [6.07, 6.45) is 4.73. The average Bonchev–Trinajstić information content (AvgIpc) is 2.99. The van der Waals surface area contributed by atoms with Crippen LogP contribution in [0.25, 0.3) is 0 Å². The van der Waals surface area contributed by atoms with E-state index < -0.39 is 0 Å². The van der Waals surface area contributed by atoms with Crippen LogP contribution in [0.5, 0.6) is 0 Å². The summed E-state index contributed by atoms with van der Waals surface area (Å²) in [6, 6.07) is -0.336. The van der Waals surface area contributed by atoms with Crippen LogP contribution in [0, 0.1) is 0 Å². The summed E-state index contributed by atoms with van der Waals surface area (Å²) in [5, 5.41) is 0. The highest BCUT2D eigenvalue weighted by Gasteiger charge is 2.29. The minimum Gasteiger partial charge on any atom is -0.365 e. The Hall–Kier alpha value is -0.740. The number of rotatable bonds is 8. The molecule has 0 aromatic carbocycles. The number of hydrogen-bond acceptors (Lipinski definition) is 4. The molecule has 14 heavy (non-hydrogen) atoms. The highest BCUT2D eigenvalue weighted by Crippen LogP contribution is 2.14. The lowest BCUT2D eigenvalue weighted by atomic mass is 10.1. The van der Waals surface area contributed by atoms with Crippen LogP contribution >= 0.6 is 0 Å². The number of unbranched alkanes of at least 4 members (excludes halogenated alkanes) is 2. The van der Waals surface area contributed by atoms with E-state index in [2.05, 4.69) is 0 Å². The van der Waals surface area contributed by atoms with E-state index in [0.717, 1.165) is 32.0 Å². The van der Waals surface area contributed by atoms with Crippen molar-refractivity contribution in [1.82, 2.24) is 0 Å². The van der Waals surface area contributed by atoms with Crippen molar-refractivity contribution >= 4 is 12.1 Å². The van der Waals surface area contributed by atoms with Gasteiger partial charge in [0.05, 0.1) is 12.6 Å². The molecule has 4 nitrogen and oxygen atoms in total. The summed E-state index contributed by atoms with van der Waals surface area (Å²) in [4.78, 5) is 21.3. The standard InChI is InChI=1S/C10H17NO3/c11-8(6-12)4-2-1-3-5-9(13)10-7-14-10/h6,8,10H,1-5,7,11H2. The minimum absolute atomic E-state index is 0.104. The third-order valence-electron chi connectivity index (χ3n) is 2.33. The van der Waals surface area contributed by atoms with Gasteiger partial charge in [-0.1, -0.05) is 12.8 Å². The van der Waals surface area contributed by atoms with Crippen molar-refractivity contribution in [2.45, 2.75) is 44.2 Å². The quantitative estimate of drug-likeness (QED) is 0.349. The highest BCUT2D eigenvalue weighted by atomic mass is 16.6. The zero-order valence-electron chi connectivity index (χ0n) is 8.28. The van der Waals surface area contributed by atoms with Crippen LogP contribution < -0.4 is 5.73 Å². The molecule has 0 aromatic heterocycles. The molecule has 0 aliphatic carbocycles. The summed E-state index contributed by atoms with van der Waals surface area (Å²) < 4.78 is 4.87. The summed E-state index contributed by atoms with van der Waals surface area (Å²) in [7, 11) is 0. The van der Waals surface area contributed by atoms with Crippen molar-refractivity contribution in [3.05, 3.63) is 0 Å². The van der Waals surface area contributed by atoms with Gasteiger partial charge in [-0.3, -0.25) is 4.79 Å². The van der Waals surface area contributed by atoms with Crippen LogP contribution in [-0.4, -0.2) is 30.8 Å². The summed E-state index contributed by atoms with van der Waals surface area (Å²) in [6.45, 7) is 0.606. The Labute approximate surface area is 83.8 Å². The molecule has 0 amide bonds. The van der Waals surface area contributed by atoms with Gasteiger partial charge in [-0.25, -0.2) is 0 Å². The first-order valence-electron chi connectivity index (χ1n) is 5.09. The lowest BCUT2D eigenvalue weighted by molar-refractivity contribution is -0.120. The number of Topliss-reactive ketones (excluding diaryl/α,β-unsaturated/α-hetero) is 1. The maximum absolute atomic E-state index is 11.2. The summed E-state index contributed by atoms with van der Waals surface area (Å²) in [5.41, 5.74) is 5.42. The molecule has 1 rings (SSSR count). The molecule has 2 atom stereocenters.